The minimum Gasteiger partial charge on any atom is -0.465 e. The van der Waals surface area contributed by atoms with E-state index < -0.39 is 58.1 Å². The summed E-state index contributed by atoms with van der Waals surface area (Å²) < 4.78 is 91.8. The van der Waals surface area contributed by atoms with E-state index in [1.165, 1.54) is 12.2 Å². The molecule has 1 heterocycles. The normalized spacial score (nSPS) is 14.4. The van der Waals surface area contributed by atoms with Gasteiger partial charge in [-0.25, -0.2) is 9.59 Å². The Morgan fingerprint density at radius 1 is 0.875 bits per heavy atom. The number of hydrogen-bond acceptors (Lipinski definition) is 6. The van der Waals surface area contributed by atoms with Crippen molar-refractivity contribution in [2.24, 2.45) is 0 Å². The summed E-state index contributed by atoms with van der Waals surface area (Å²) >= 11 is 0. The number of benzene rings is 1. The van der Waals surface area contributed by atoms with E-state index in [0.717, 1.165) is 40.6 Å². The van der Waals surface area contributed by atoms with Gasteiger partial charge < -0.3 is 19.3 Å². The second kappa shape index (κ2) is 8.97. The van der Waals surface area contributed by atoms with Crippen LogP contribution >= 0.6 is 0 Å². The molecule has 1 aliphatic heterocycles. The van der Waals surface area contributed by atoms with Crippen molar-refractivity contribution in [1.29, 1.82) is 0 Å². The van der Waals surface area contributed by atoms with Gasteiger partial charge in [-0.2, -0.15) is 26.3 Å². The molecule has 0 saturated carbocycles. The first-order valence-corrected chi connectivity index (χ1v) is 8.78. The molecule has 0 unspecified atom stereocenters. The van der Waals surface area contributed by atoms with Crippen molar-refractivity contribution >= 4 is 23.3 Å². The van der Waals surface area contributed by atoms with Gasteiger partial charge in [-0.3, -0.25) is 0 Å². The fourth-order valence-corrected chi connectivity index (χ4v) is 3.04. The third-order valence-electron chi connectivity index (χ3n) is 4.32. The fraction of sp³-hybridized carbons (Fsp3) is 0.300. The maximum atomic E-state index is 13.8. The summed E-state index contributed by atoms with van der Waals surface area (Å²) in [5.41, 5.74) is -5.98. The van der Waals surface area contributed by atoms with Gasteiger partial charge in [0.1, 0.15) is 5.70 Å². The number of ether oxygens (including phenoxy) is 2. The fourth-order valence-electron chi connectivity index (χ4n) is 3.04. The van der Waals surface area contributed by atoms with E-state index in [9.17, 15) is 35.9 Å². The molecule has 0 amide bonds. The van der Waals surface area contributed by atoms with E-state index in [0.29, 0.717) is 21.9 Å². The highest BCUT2D eigenvalue weighted by Crippen LogP contribution is 2.47. The lowest BCUT2D eigenvalue weighted by molar-refractivity contribution is -0.142. The van der Waals surface area contributed by atoms with Crippen LogP contribution in [0.2, 0.25) is 0 Å². The van der Waals surface area contributed by atoms with Gasteiger partial charge in [-0.15, -0.1) is 0 Å². The van der Waals surface area contributed by atoms with Crippen LogP contribution in [0, 0.1) is 0 Å². The molecule has 0 atom stereocenters. The lowest BCUT2D eigenvalue weighted by Gasteiger charge is -2.29. The first-order chi connectivity index (χ1) is 14.7. The van der Waals surface area contributed by atoms with Crippen LogP contribution in [0.25, 0.3) is 0 Å². The molecule has 174 valence electrons. The molecule has 2 rings (SSSR count). The lowest BCUT2D eigenvalue weighted by atomic mass is 10.0. The maximum absolute atomic E-state index is 13.8. The molecule has 0 saturated heterocycles. The van der Waals surface area contributed by atoms with E-state index in [4.69, 9.17) is 0 Å². The smallest absolute Gasteiger partial charge is 0.418 e. The molecule has 1 aliphatic rings. The second-order valence-corrected chi connectivity index (χ2v) is 6.60. The first-order valence-electron chi connectivity index (χ1n) is 8.78. The summed E-state index contributed by atoms with van der Waals surface area (Å²) in [6.07, 6.45) is -5.69. The van der Waals surface area contributed by atoms with E-state index in [1.54, 1.807) is 0 Å². The summed E-state index contributed by atoms with van der Waals surface area (Å²) in [4.78, 5) is 26.0. The molecular formula is C20H18F6N2O4. The maximum Gasteiger partial charge on any atom is 0.418 e. The van der Waals surface area contributed by atoms with Gasteiger partial charge in [0.25, 0.3) is 0 Å². The molecule has 32 heavy (non-hydrogen) atoms. The van der Waals surface area contributed by atoms with Gasteiger partial charge in [0.15, 0.2) is 0 Å². The van der Waals surface area contributed by atoms with E-state index in [-0.39, 0.29) is 0 Å². The number of carbonyl (C=O) groups excluding carboxylic acids is 2. The highest BCUT2D eigenvalue weighted by Gasteiger charge is 2.43. The summed E-state index contributed by atoms with van der Waals surface area (Å²) in [5.74, 6) is -2.23. The number of anilines is 2. The number of alkyl halides is 6. The number of allylic oxidation sites excluding steroid dienone is 2. The SMILES string of the molecule is COC(=O)C1=C(C(=O)OC)N(c2cc(C(F)(F)F)c(N(C)C)c(C(F)(F)F)c2)C=CC=C1. The Morgan fingerprint density at radius 2 is 1.38 bits per heavy atom. The lowest BCUT2D eigenvalue weighted by Crippen LogP contribution is -2.28. The summed E-state index contributed by atoms with van der Waals surface area (Å²) in [6, 6.07) is 0.913. The summed E-state index contributed by atoms with van der Waals surface area (Å²) in [7, 11) is 4.03. The summed E-state index contributed by atoms with van der Waals surface area (Å²) in [6.45, 7) is 0. The number of esters is 2. The van der Waals surface area contributed by atoms with E-state index in [1.807, 2.05) is 0 Å². The van der Waals surface area contributed by atoms with Crippen LogP contribution in [0.15, 0.2) is 47.8 Å². The predicted octanol–water partition coefficient (Wildman–Crippen LogP) is 4.28. The van der Waals surface area contributed by atoms with Gasteiger partial charge in [0, 0.05) is 26.0 Å². The first kappa shape index (κ1) is 24.8. The number of methoxy groups -OCH3 is 2. The molecule has 0 radical (unpaired) electrons. The predicted molar refractivity (Wildman–Crippen MR) is 103 cm³/mol. The van der Waals surface area contributed by atoms with E-state index >= 15 is 0 Å². The van der Waals surface area contributed by atoms with E-state index in [2.05, 4.69) is 9.47 Å². The van der Waals surface area contributed by atoms with Crippen LogP contribution in [0.4, 0.5) is 37.7 Å². The summed E-state index contributed by atoms with van der Waals surface area (Å²) in [5, 5.41) is 0. The van der Waals surface area contributed by atoms with Crippen molar-refractivity contribution < 1.29 is 45.4 Å². The third kappa shape index (κ3) is 4.89. The molecule has 1 aromatic rings. The average molecular weight is 464 g/mol. The topological polar surface area (TPSA) is 59.1 Å². The Labute approximate surface area is 179 Å². The van der Waals surface area contributed by atoms with Crippen LogP contribution in [0.3, 0.4) is 0 Å². The quantitative estimate of drug-likeness (QED) is 0.490. The zero-order valence-electron chi connectivity index (χ0n) is 17.3. The van der Waals surface area contributed by atoms with Gasteiger partial charge in [-0.1, -0.05) is 6.08 Å². The Bertz CT molecular complexity index is 971. The van der Waals surface area contributed by atoms with Crippen LogP contribution in [-0.2, 0) is 31.4 Å². The van der Waals surface area contributed by atoms with Crippen LogP contribution in [0.1, 0.15) is 11.1 Å². The third-order valence-corrected chi connectivity index (χ3v) is 4.32. The molecule has 0 N–H and O–H groups in total. The number of rotatable bonds is 4. The molecule has 0 fully saturated rings. The molecule has 6 nitrogen and oxygen atoms in total. The highest BCUT2D eigenvalue weighted by molar-refractivity contribution is 6.05. The minimum absolute atomic E-state index is 0.428. The number of nitrogens with zero attached hydrogens (tertiary/aromatic N) is 2. The second-order valence-electron chi connectivity index (χ2n) is 6.60. The van der Waals surface area contributed by atoms with Crippen LogP contribution < -0.4 is 9.80 Å². The van der Waals surface area contributed by atoms with Crippen molar-refractivity contribution in [3.63, 3.8) is 0 Å². The standard InChI is InChI=1S/C20H18F6N2O4/c1-27(2)16-13(19(21,22)23)9-11(10-14(16)20(24,25)26)28-8-6-5-7-12(17(29)31-3)15(28)18(30)32-4/h5-10H,1-4H3. The Morgan fingerprint density at radius 3 is 1.78 bits per heavy atom. The van der Waals surface area contributed by atoms with Gasteiger partial charge >= 0.3 is 24.3 Å². The Hall–Kier alpha value is -3.44. The Balaban J connectivity index is 2.96. The number of carbonyl (C=O) groups is 2. The van der Waals surface area contributed by atoms with Crippen molar-refractivity contribution in [2.75, 3.05) is 38.1 Å². The van der Waals surface area contributed by atoms with Crippen LogP contribution in [-0.4, -0.2) is 40.3 Å². The van der Waals surface area contributed by atoms with Crippen molar-refractivity contribution in [2.45, 2.75) is 12.4 Å². The van der Waals surface area contributed by atoms with Gasteiger partial charge in [0.05, 0.1) is 36.6 Å². The average Bonchev–Trinajstić information content (AvgIpc) is 2.93. The van der Waals surface area contributed by atoms with Crippen molar-refractivity contribution in [3.05, 3.63) is 59.0 Å². The molecule has 0 spiro atoms. The molecular weight excluding hydrogens is 446 g/mol. The number of hydrogen-bond donors (Lipinski definition) is 0. The zero-order chi connectivity index (χ0) is 24.4. The molecule has 1 aromatic carbocycles. The van der Waals surface area contributed by atoms with Crippen molar-refractivity contribution in [3.8, 4) is 0 Å². The van der Waals surface area contributed by atoms with Crippen molar-refractivity contribution in [1.82, 2.24) is 0 Å². The minimum atomic E-state index is -5.16. The Kier molecular flexibility index (Phi) is 6.96. The number of halogens is 6. The van der Waals surface area contributed by atoms with Crippen LogP contribution in [0.5, 0.6) is 0 Å². The molecule has 12 heteroatoms. The molecule has 0 aromatic heterocycles. The molecule has 0 bridgehead atoms. The highest BCUT2D eigenvalue weighted by atomic mass is 19.4. The van der Waals surface area contributed by atoms with Gasteiger partial charge in [0.2, 0.25) is 0 Å². The largest absolute Gasteiger partial charge is 0.465 e. The monoisotopic (exact) mass is 464 g/mol. The van der Waals surface area contributed by atoms with Gasteiger partial charge in [-0.05, 0) is 24.3 Å². The molecule has 0 aliphatic carbocycles. The zero-order valence-corrected chi connectivity index (χ0v) is 17.3.